The summed E-state index contributed by atoms with van der Waals surface area (Å²) >= 11 is 12.3. The molecule has 7 heteroatoms. The maximum Gasteiger partial charge on any atom is 0.254 e. The summed E-state index contributed by atoms with van der Waals surface area (Å²) in [5.74, 6) is 2.04. The molecule has 3 aromatic rings. The molecule has 34 heavy (non-hydrogen) atoms. The molecule has 0 radical (unpaired) electrons. The van der Waals surface area contributed by atoms with Crippen LogP contribution in [0.3, 0.4) is 0 Å². The molecule has 5 nitrogen and oxygen atoms in total. The maximum absolute atomic E-state index is 13.2. The van der Waals surface area contributed by atoms with Gasteiger partial charge in [-0.3, -0.25) is 4.79 Å². The van der Waals surface area contributed by atoms with E-state index in [4.69, 9.17) is 32.7 Å². The fourth-order valence-corrected chi connectivity index (χ4v) is 4.44. The average molecular weight is 496 g/mol. The number of aliphatic hydroxyl groups excluding tert-OH is 1. The van der Waals surface area contributed by atoms with Crippen LogP contribution in [-0.4, -0.2) is 28.1 Å². The van der Waals surface area contributed by atoms with Gasteiger partial charge in [-0.15, -0.1) is 0 Å². The minimum absolute atomic E-state index is 0.0629. The number of ether oxygens (including phenoxy) is 2. The smallest absolute Gasteiger partial charge is 0.254 e. The van der Waals surface area contributed by atoms with Crippen molar-refractivity contribution in [2.45, 2.75) is 32.4 Å². The van der Waals surface area contributed by atoms with E-state index in [1.807, 2.05) is 48.2 Å². The summed E-state index contributed by atoms with van der Waals surface area (Å²) in [4.78, 5) is 15.0. The Bertz CT molecular complexity index is 1340. The first kappa shape index (κ1) is 22.6. The van der Waals surface area contributed by atoms with Crippen molar-refractivity contribution in [2.24, 2.45) is 0 Å². The zero-order valence-corrected chi connectivity index (χ0v) is 20.3. The van der Waals surface area contributed by atoms with Gasteiger partial charge in [-0.25, -0.2) is 0 Å². The Kier molecular flexibility index (Phi) is 5.70. The van der Waals surface area contributed by atoms with Crippen molar-refractivity contribution >= 4 is 29.1 Å². The first-order chi connectivity index (χ1) is 16.2. The van der Waals surface area contributed by atoms with Crippen LogP contribution in [0, 0.1) is 6.92 Å². The van der Waals surface area contributed by atoms with Crippen molar-refractivity contribution < 1.29 is 19.4 Å². The Morgan fingerprint density at radius 1 is 1.03 bits per heavy atom. The highest BCUT2D eigenvalue weighted by Gasteiger charge is 2.42. The number of rotatable bonds is 5. The van der Waals surface area contributed by atoms with Gasteiger partial charge in [0.1, 0.15) is 23.0 Å². The Morgan fingerprint density at radius 3 is 2.44 bits per heavy atom. The molecule has 3 aromatic carbocycles. The normalized spacial score (nSPS) is 18.7. The lowest BCUT2D eigenvalue weighted by Crippen LogP contribution is -2.36. The third kappa shape index (κ3) is 4.46. The fourth-order valence-electron chi connectivity index (χ4n) is 4.07. The van der Waals surface area contributed by atoms with Crippen LogP contribution in [0.25, 0.3) is 0 Å². The van der Waals surface area contributed by atoms with Crippen LogP contribution in [0.15, 0.2) is 66.4 Å². The third-order valence-corrected chi connectivity index (χ3v) is 6.89. The van der Waals surface area contributed by atoms with E-state index in [2.05, 4.69) is 0 Å². The molecular weight excluding hydrogens is 473 g/mol. The molecule has 0 spiro atoms. The summed E-state index contributed by atoms with van der Waals surface area (Å²) in [6, 6.07) is 16.4. The Labute approximate surface area is 208 Å². The van der Waals surface area contributed by atoms with Crippen LogP contribution < -0.4 is 9.47 Å². The Balaban J connectivity index is 1.29. The first-order valence-corrected chi connectivity index (χ1v) is 11.7. The zero-order chi connectivity index (χ0) is 24.0. The topological polar surface area (TPSA) is 59.0 Å². The molecule has 0 saturated carbocycles. The molecule has 1 aliphatic heterocycles. The van der Waals surface area contributed by atoms with Crippen molar-refractivity contribution in [3.8, 4) is 17.2 Å². The molecule has 2 aliphatic rings. The van der Waals surface area contributed by atoms with E-state index in [1.54, 1.807) is 31.2 Å². The molecule has 0 aromatic heterocycles. The SMILES string of the molecule is Cc1cc(Oc2cccc(C(=O)N3CCc4cc(Cl)c(Cl)cc4C3)c2)ccc1OC1(C)C=C1O. The van der Waals surface area contributed by atoms with Gasteiger partial charge in [0.15, 0.2) is 5.60 Å². The number of aliphatic hydroxyl groups is 1. The van der Waals surface area contributed by atoms with Gasteiger partial charge in [0.05, 0.1) is 10.0 Å². The number of fused-ring (bicyclic) bond motifs is 1. The number of halogens is 2. The second kappa shape index (κ2) is 8.57. The number of benzene rings is 3. The van der Waals surface area contributed by atoms with Crippen molar-refractivity contribution in [2.75, 3.05) is 6.54 Å². The number of aryl methyl sites for hydroxylation is 1. The predicted octanol–water partition coefficient (Wildman–Crippen LogP) is 6.89. The van der Waals surface area contributed by atoms with Gasteiger partial charge < -0.3 is 19.5 Å². The molecule has 5 rings (SSSR count). The van der Waals surface area contributed by atoms with Crippen molar-refractivity contribution in [1.82, 2.24) is 4.90 Å². The fraction of sp³-hybridized carbons (Fsp3) is 0.222. The first-order valence-electron chi connectivity index (χ1n) is 11.0. The highest BCUT2D eigenvalue weighted by atomic mass is 35.5. The largest absolute Gasteiger partial charge is 0.508 e. The van der Waals surface area contributed by atoms with Gasteiger partial charge in [0, 0.05) is 24.7 Å². The summed E-state index contributed by atoms with van der Waals surface area (Å²) in [6.07, 6.45) is 2.39. The molecular formula is C27H23Cl2NO4. The summed E-state index contributed by atoms with van der Waals surface area (Å²) in [6.45, 7) is 4.82. The molecule has 1 aliphatic carbocycles. The average Bonchev–Trinajstić information content (AvgIpc) is 3.41. The molecule has 0 bridgehead atoms. The summed E-state index contributed by atoms with van der Waals surface area (Å²) < 4.78 is 11.9. The number of carbonyl (C=O) groups excluding carboxylic acids is 1. The van der Waals surface area contributed by atoms with E-state index < -0.39 is 5.60 Å². The lowest BCUT2D eigenvalue weighted by atomic mass is 9.99. The van der Waals surface area contributed by atoms with Crippen LogP contribution in [0.1, 0.15) is 34.0 Å². The second-order valence-electron chi connectivity index (χ2n) is 8.81. The van der Waals surface area contributed by atoms with Gasteiger partial charge in [-0.05, 0) is 85.5 Å². The number of nitrogens with zero attached hydrogens (tertiary/aromatic N) is 1. The molecule has 1 amide bonds. The third-order valence-electron chi connectivity index (χ3n) is 6.16. The van der Waals surface area contributed by atoms with Crippen molar-refractivity contribution in [3.05, 3.63) is 98.7 Å². The minimum atomic E-state index is -0.714. The summed E-state index contributed by atoms with van der Waals surface area (Å²) in [5.41, 5.74) is 2.86. The maximum atomic E-state index is 13.2. The number of amides is 1. The van der Waals surface area contributed by atoms with Crippen LogP contribution >= 0.6 is 23.2 Å². The number of carbonyl (C=O) groups is 1. The number of hydrogen-bond donors (Lipinski definition) is 1. The predicted molar refractivity (Wildman–Crippen MR) is 132 cm³/mol. The van der Waals surface area contributed by atoms with Gasteiger partial charge in [0.25, 0.3) is 5.91 Å². The van der Waals surface area contributed by atoms with Crippen LogP contribution in [0.2, 0.25) is 10.0 Å². The summed E-state index contributed by atoms with van der Waals surface area (Å²) in [7, 11) is 0. The summed E-state index contributed by atoms with van der Waals surface area (Å²) in [5, 5.41) is 10.6. The van der Waals surface area contributed by atoms with E-state index in [-0.39, 0.29) is 11.7 Å². The molecule has 174 valence electrons. The van der Waals surface area contributed by atoms with Crippen molar-refractivity contribution in [1.29, 1.82) is 0 Å². The monoisotopic (exact) mass is 495 g/mol. The highest BCUT2D eigenvalue weighted by Crippen LogP contribution is 2.39. The van der Waals surface area contributed by atoms with E-state index in [0.29, 0.717) is 45.9 Å². The van der Waals surface area contributed by atoms with Crippen LogP contribution in [0.5, 0.6) is 17.2 Å². The second-order valence-corrected chi connectivity index (χ2v) is 9.62. The molecule has 1 heterocycles. The molecule has 0 saturated heterocycles. The van der Waals surface area contributed by atoms with Crippen LogP contribution in [0.4, 0.5) is 0 Å². The highest BCUT2D eigenvalue weighted by molar-refractivity contribution is 6.42. The quantitative estimate of drug-likeness (QED) is 0.418. The standard InChI is InChI=1S/C27H23Cl2NO4/c1-16-10-21(6-7-24(16)34-27(2)14-25(27)31)33-20-5-3-4-18(11-20)26(32)30-9-8-17-12-22(28)23(29)13-19(17)15-30/h3-7,10-14,31H,8-9,15H2,1-2H3. The molecule has 0 fully saturated rings. The Hall–Kier alpha value is -3.15. The van der Waals surface area contributed by atoms with Gasteiger partial charge in [0.2, 0.25) is 0 Å². The number of hydrogen-bond acceptors (Lipinski definition) is 4. The van der Waals surface area contributed by atoms with Gasteiger partial charge in [-0.1, -0.05) is 29.3 Å². The van der Waals surface area contributed by atoms with Crippen LogP contribution in [-0.2, 0) is 13.0 Å². The minimum Gasteiger partial charge on any atom is -0.508 e. The van der Waals surface area contributed by atoms with Crippen molar-refractivity contribution in [3.63, 3.8) is 0 Å². The lowest BCUT2D eigenvalue weighted by molar-refractivity contribution is 0.0734. The lowest BCUT2D eigenvalue weighted by Gasteiger charge is -2.29. The van der Waals surface area contributed by atoms with Gasteiger partial charge >= 0.3 is 0 Å². The molecule has 1 unspecified atom stereocenters. The van der Waals surface area contributed by atoms with E-state index >= 15 is 0 Å². The van der Waals surface area contributed by atoms with E-state index in [1.165, 1.54) is 0 Å². The molecule has 1 atom stereocenters. The van der Waals surface area contributed by atoms with E-state index in [9.17, 15) is 9.90 Å². The zero-order valence-electron chi connectivity index (χ0n) is 18.8. The molecule has 1 N–H and O–H groups in total. The van der Waals surface area contributed by atoms with Gasteiger partial charge in [-0.2, -0.15) is 0 Å². The Morgan fingerprint density at radius 2 is 1.74 bits per heavy atom. The van der Waals surface area contributed by atoms with E-state index in [0.717, 1.165) is 23.1 Å².